The van der Waals surface area contributed by atoms with Crippen molar-refractivity contribution in [3.8, 4) is 28.7 Å². The summed E-state index contributed by atoms with van der Waals surface area (Å²) in [6, 6.07) is 21.6. The van der Waals surface area contributed by atoms with E-state index < -0.39 is 0 Å². The van der Waals surface area contributed by atoms with Gasteiger partial charge < -0.3 is 9.47 Å². The molecule has 2 aromatic carbocycles. The van der Waals surface area contributed by atoms with Gasteiger partial charge in [0.05, 0.1) is 7.11 Å². The van der Waals surface area contributed by atoms with Gasteiger partial charge in [-0.1, -0.05) is 43.2 Å². The smallest absolute Gasteiger partial charge is 0.212 e. The van der Waals surface area contributed by atoms with E-state index in [2.05, 4.69) is 4.98 Å². The number of imidazole rings is 1. The van der Waals surface area contributed by atoms with Crippen molar-refractivity contribution in [1.82, 2.24) is 14.5 Å². The number of hydrogen-bond acceptors (Lipinski definition) is 5. The van der Waals surface area contributed by atoms with Crippen LogP contribution >= 0.6 is 0 Å². The number of ketones is 1. The highest BCUT2D eigenvalue weighted by atomic mass is 16.5. The molecule has 6 heteroatoms. The number of nitrogens with zero attached hydrogens (tertiary/aromatic N) is 3. The summed E-state index contributed by atoms with van der Waals surface area (Å²) in [5.74, 6) is 2.18. The topological polar surface area (TPSA) is 66.2 Å². The summed E-state index contributed by atoms with van der Waals surface area (Å²) < 4.78 is 13.1. The van der Waals surface area contributed by atoms with E-state index in [4.69, 9.17) is 14.5 Å². The first-order valence-electron chi connectivity index (χ1n) is 11.6. The van der Waals surface area contributed by atoms with Gasteiger partial charge in [0.1, 0.15) is 23.9 Å². The van der Waals surface area contributed by atoms with Crippen LogP contribution in [0.1, 0.15) is 41.7 Å². The lowest BCUT2D eigenvalue weighted by Crippen LogP contribution is -2.11. The first-order valence-corrected chi connectivity index (χ1v) is 11.6. The molecule has 0 spiro atoms. The number of pyridine rings is 1. The lowest BCUT2D eigenvalue weighted by Gasteiger charge is -2.10. The molecule has 0 amide bonds. The molecule has 2 aromatic heterocycles. The zero-order valence-corrected chi connectivity index (χ0v) is 19.2. The third kappa shape index (κ3) is 4.71. The molecule has 0 radical (unpaired) electrons. The van der Waals surface area contributed by atoms with Crippen LogP contribution in [0.3, 0.4) is 0 Å². The Morgan fingerprint density at radius 3 is 2.44 bits per heavy atom. The molecule has 4 aromatic rings. The monoisotopic (exact) mass is 453 g/mol. The van der Waals surface area contributed by atoms with E-state index in [1.54, 1.807) is 19.4 Å². The summed E-state index contributed by atoms with van der Waals surface area (Å²) in [6.45, 7) is 0.508. The van der Waals surface area contributed by atoms with Crippen molar-refractivity contribution in [3.05, 3.63) is 90.4 Å². The van der Waals surface area contributed by atoms with Gasteiger partial charge in [0, 0.05) is 35.6 Å². The van der Waals surface area contributed by atoms with Crippen molar-refractivity contribution in [3.63, 3.8) is 0 Å². The Kier molecular flexibility index (Phi) is 6.38. The Balaban J connectivity index is 1.44. The first-order chi connectivity index (χ1) is 16.7. The van der Waals surface area contributed by atoms with Gasteiger partial charge in [-0.25, -0.2) is 9.97 Å². The molecule has 0 bridgehead atoms. The maximum absolute atomic E-state index is 13.1. The van der Waals surface area contributed by atoms with Gasteiger partial charge in [0.2, 0.25) is 5.88 Å². The molecular weight excluding hydrogens is 426 g/mol. The predicted molar refractivity (Wildman–Crippen MR) is 130 cm³/mol. The molecule has 0 unspecified atom stereocenters. The number of methoxy groups -OCH3 is 1. The molecule has 1 fully saturated rings. The molecular formula is C28H27N3O3. The van der Waals surface area contributed by atoms with Crippen molar-refractivity contribution in [1.29, 1.82) is 0 Å². The summed E-state index contributed by atoms with van der Waals surface area (Å²) in [7, 11) is 1.59. The van der Waals surface area contributed by atoms with Crippen LogP contribution < -0.4 is 9.47 Å². The molecule has 0 N–H and O–H groups in total. The predicted octanol–water partition coefficient (Wildman–Crippen LogP) is 5.89. The van der Waals surface area contributed by atoms with Crippen molar-refractivity contribution in [2.45, 2.75) is 32.3 Å². The van der Waals surface area contributed by atoms with Gasteiger partial charge in [0.15, 0.2) is 5.78 Å². The average molecular weight is 454 g/mol. The third-order valence-corrected chi connectivity index (χ3v) is 6.25. The second kappa shape index (κ2) is 9.91. The van der Waals surface area contributed by atoms with Crippen molar-refractivity contribution in [2.24, 2.45) is 5.92 Å². The van der Waals surface area contributed by atoms with E-state index in [9.17, 15) is 4.79 Å². The lowest BCUT2D eigenvalue weighted by atomic mass is 10.0. The number of ether oxygens (including phenoxy) is 2. The third-order valence-electron chi connectivity index (χ3n) is 6.25. The minimum Gasteiger partial charge on any atom is -0.489 e. The largest absolute Gasteiger partial charge is 0.489 e. The number of benzene rings is 2. The van der Waals surface area contributed by atoms with Crippen LogP contribution in [0.5, 0.6) is 11.6 Å². The van der Waals surface area contributed by atoms with Gasteiger partial charge in [0.25, 0.3) is 0 Å². The standard InChI is InChI=1S/C28H27N3O3/c1-33-26-16-11-22(17-29-26)28-30-25(27(32)21-9-5-6-10-21)18-31(28)23-12-14-24(15-13-23)34-19-20-7-3-2-4-8-20/h2-4,7-8,11-18,21H,5-6,9-10,19H2,1H3. The fraction of sp³-hybridized carbons (Fsp3) is 0.250. The van der Waals surface area contributed by atoms with Crippen LogP contribution in [0.25, 0.3) is 17.1 Å². The second-order valence-electron chi connectivity index (χ2n) is 8.52. The van der Waals surface area contributed by atoms with Crippen molar-refractivity contribution in [2.75, 3.05) is 7.11 Å². The van der Waals surface area contributed by atoms with Crippen LogP contribution in [0.4, 0.5) is 0 Å². The minimum atomic E-state index is 0.0685. The molecule has 0 saturated heterocycles. The molecule has 1 saturated carbocycles. The molecule has 0 atom stereocenters. The molecule has 34 heavy (non-hydrogen) atoms. The Bertz CT molecular complexity index is 1240. The summed E-state index contributed by atoms with van der Waals surface area (Å²) in [5, 5.41) is 0. The van der Waals surface area contributed by atoms with Gasteiger partial charge in [-0.3, -0.25) is 9.36 Å². The van der Waals surface area contributed by atoms with Gasteiger partial charge in [-0.2, -0.15) is 0 Å². The van der Waals surface area contributed by atoms with E-state index in [1.165, 1.54) is 0 Å². The zero-order valence-electron chi connectivity index (χ0n) is 19.2. The van der Waals surface area contributed by atoms with Crippen LogP contribution in [0, 0.1) is 5.92 Å². The number of hydrogen-bond donors (Lipinski definition) is 0. The van der Waals surface area contributed by atoms with E-state index in [0.717, 1.165) is 48.2 Å². The molecule has 1 aliphatic rings. The number of Topliss-reactive ketones (excluding diaryl/α,β-unsaturated/α-hetero) is 1. The Hall–Kier alpha value is -3.93. The van der Waals surface area contributed by atoms with Crippen LogP contribution in [-0.4, -0.2) is 27.4 Å². The molecule has 6 nitrogen and oxygen atoms in total. The van der Waals surface area contributed by atoms with E-state index >= 15 is 0 Å². The van der Waals surface area contributed by atoms with Crippen LogP contribution in [0.15, 0.2) is 79.1 Å². The number of carbonyl (C=O) groups excluding carboxylic acids is 1. The van der Waals surface area contributed by atoms with Crippen LogP contribution in [0.2, 0.25) is 0 Å². The van der Waals surface area contributed by atoms with Crippen molar-refractivity contribution < 1.29 is 14.3 Å². The maximum Gasteiger partial charge on any atom is 0.212 e. The minimum absolute atomic E-state index is 0.0685. The summed E-state index contributed by atoms with van der Waals surface area (Å²) >= 11 is 0. The van der Waals surface area contributed by atoms with E-state index in [0.29, 0.717) is 24.0 Å². The SMILES string of the molecule is COc1ccc(-c2nc(C(=O)C3CCCC3)cn2-c2ccc(OCc3ccccc3)cc2)cn1. The Morgan fingerprint density at radius 1 is 1.00 bits per heavy atom. The zero-order chi connectivity index (χ0) is 23.3. The number of rotatable bonds is 8. The van der Waals surface area contributed by atoms with Gasteiger partial charge in [-0.05, 0) is 48.7 Å². The summed E-state index contributed by atoms with van der Waals surface area (Å²) in [6.07, 6.45) is 7.67. The van der Waals surface area contributed by atoms with Gasteiger partial charge in [-0.15, -0.1) is 0 Å². The molecule has 0 aliphatic heterocycles. The first kappa shape index (κ1) is 21.9. The summed E-state index contributed by atoms with van der Waals surface area (Å²) in [5.41, 5.74) is 3.33. The second-order valence-corrected chi connectivity index (χ2v) is 8.52. The molecule has 5 rings (SSSR count). The Labute approximate surface area is 199 Å². The van der Waals surface area contributed by atoms with Gasteiger partial charge >= 0.3 is 0 Å². The fourth-order valence-corrected chi connectivity index (χ4v) is 4.37. The average Bonchev–Trinajstić information content (AvgIpc) is 3.59. The lowest BCUT2D eigenvalue weighted by molar-refractivity contribution is 0.0918. The van der Waals surface area contributed by atoms with E-state index in [1.807, 2.05) is 71.4 Å². The molecule has 1 aliphatic carbocycles. The normalized spacial score (nSPS) is 13.7. The number of carbonyl (C=O) groups is 1. The number of aromatic nitrogens is 3. The Morgan fingerprint density at radius 2 is 1.76 bits per heavy atom. The van der Waals surface area contributed by atoms with E-state index in [-0.39, 0.29) is 11.7 Å². The fourth-order valence-electron chi connectivity index (χ4n) is 4.37. The molecule has 2 heterocycles. The highest BCUT2D eigenvalue weighted by Crippen LogP contribution is 2.30. The highest BCUT2D eigenvalue weighted by molar-refractivity contribution is 5.96. The maximum atomic E-state index is 13.1. The summed E-state index contributed by atoms with van der Waals surface area (Å²) in [4.78, 5) is 22.2. The van der Waals surface area contributed by atoms with Crippen LogP contribution in [-0.2, 0) is 6.61 Å². The quantitative estimate of drug-likeness (QED) is 0.311. The highest BCUT2D eigenvalue weighted by Gasteiger charge is 2.27. The molecule has 172 valence electrons. The van der Waals surface area contributed by atoms with Crippen molar-refractivity contribution >= 4 is 5.78 Å².